The number of hydrogen-bond acceptors (Lipinski definition) is 5. The minimum absolute atomic E-state index is 0.0227. The van der Waals surface area contributed by atoms with E-state index in [1.54, 1.807) is 29.7 Å². The van der Waals surface area contributed by atoms with Gasteiger partial charge in [0.2, 0.25) is 15.9 Å². The highest BCUT2D eigenvalue weighted by atomic mass is 127. The smallest absolute Gasteiger partial charge is 0.246 e. The minimum Gasteiger partial charge on any atom is -0.340 e. The number of nitrogens with zero attached hydrogens (tertiary/aromatic N) is 6. The molecule has 0 radical (unpaired) electrons. The van der Waals surface area contributed by atoms with Crippen molar-refractivity contribution in [3.63, 3.8) is 0 Å². The van der Waals surface area contributed by atoms with E-state index in [2.05, 4.69) is 32.8 Å². The van der Waals surface area contributed by atoms with Crippen LogP contribution in [0.4, 0.5) is 0 Å². The summed E-state index contributed by atoms with van der Waals surface area (Å²) in [4.78, 5) is 14.4. The molecule has 148 valence electrons. The lowest BCUT2D eigenvalue weighted by molar-refractivity contribution is -0.132. The Morgan fingerprint density at radius 3 is 2.30 bits per heavy atom. The zero-order valence-corrected chi connectivity index (χ0v) is 18.6. The Hall–Kier alpha value is -1.47. The number of aromatic nitrogens is 4. The van der Waals surface area contributed by atoms with Crippen LogP contribution < -0.4 is 0 Å². The van der Waals surface area contributed by atoms with Crippen molar-refractivity contribution >= 4 is 38.5 Å². The van der Waals surface area contributed by atoms with Crippen LogP contribution in [0.3, 0.4) is 0 Å². The summed E-state index contributed by atoms with van der Waals surface area (Å²) in [5.74, 6) is 0.0227. The molecule has 1 fully saturated rings. The normalized spacial score (nSPS) is 16.1. The number of halogens is 1. The number of amides is 1. The van der Waals surface area contributed by atoms with E-state index in [4.69, 9.17) is 0 Å². The molecule has 2 aromatic rings. The quantitative estimate of drug-likeness (QED) is 0.559. The van der Waals surface area contributed by atoms with Crippen molar-refractivity contribution in [2.24, 2.45) is 7.05 Å². The Morgan fingerprint density at radius 1 is 1.11 bits per heavy atom. The van der Waals surface area contributed by atoms with Crippen molar-refractivity contribution in [2.45, 2.75) is 31.7 Å². The van der Waals surface area contributed by atoms with Crippen LogP contribution in [0, 0.1) is 17.4 Å². The lowest BCUT2D eigenvalue weighted by Crippen LogP contribution is -2.50. The third kappa shape index (κ3) is 4.04. The molecule has 1 saturated heterocycles. The van der Waals surface area contributed by atoms with Gasteiger partial charge in [0, 0.05) is 51.9 Å². The summed E-state index contributed by atoms with van der Waals surface area (Å²) in [7, 11) is -1.87. The minimum atomic E-state index is -3.58. The first-order chi connectivity index (χ1) is 12.7. The summed E-state index contributed by atoms with van der Waals surface area (Å²) < 4.78 is 31.5. The number of carbonyl (C=O) groups excluding carboxylic acids is 1. The molecule has 0 bridgehead atoms. The lowest BCUT2D eigenvalue weighted by Gasteiger charge is -2.34. The number of rotatable bonds is 5. The van der Waals surface area contributed by atoms with Crippen molar-refractivity contribution in [1.29, 1.82) is 0 Å². The Morgan fingerprint density at radius 2 is 1.78 bits per heavy atom. The highest BCUT2D eigenvalue weighted by Crippen LogP contribution is 2.20. The van der Waals surface area contributed by atoms with Gasteiger partial charge in [0.05, 0.1) is 21.7 Å². The topological polar surface area (TPSA) is 93.3 Å². The van der Waals surface area contributed by atoms with Crippen LogP contribution in [0.2, 0.25) is 0 Å². The fourth-order valence-corrected chi connectivity index (χ4v) is 5.07. The van der Waals surface area contributed by atoms with Gasteiger partial charge in [0.1, 0.15) is 4.90 Å². The van der Waals surface area contributed by atoms with Gasteiger partial charge in [-0.1, -0.05) is 0 Å². The highest BCUT2D eigenvalue weighted by molar-refractivity contribution is 14.1. The van der Waals surface area contributed by atoms with Crippen LogP contribution in [0.5, 0.6) is 0 Å². The summed E-state index contributed by atoms with van der Waals surface area (Å²) in [5.41, 5.74) is 1.66. The number of carbonyl (C=O) groups is 1. The first kappa shape index (κ1) is 20.3. The van der Waals surface area contributed by atoms with Gasteiger partial charge in [-0.2, -0.15) is 14.5 Å². The van der Waals surface area contributed by atoms with Crippen LogP contribution in [-0.2, 0) is 28.4 Å². The van der Waals surface area contributed by atoms with Crippen molar-refractivity contribution in [1.82, 2.24) is 28.8 Å². The van der Waals surface area contributed by atoms with E-state index in [0.29, 0.717) is 44.8 Å². The first-order valence-corrected chi connectivity index (χ1v) is 11.2. The Labute approximate surface area is 172 Å². The van der Waals surface area contributed by atoms with Gasteiger partial charge < -0.3 is 4.90 Å². The average molecular weight is 506 g/mol. The zero-order valence-electron chi connectivity index (χ0n) is 15.6. The summed E-state index contributed by atoms with van der Waals surface area (Å²) in [6.45, 7) is 5.62. The molecule has 2 aromatic heterocycles. The van der Waals surface area contributed by atoms with Crippen LogP contribution in [0.15, 0.2) is 17.3 Å². The van der Waals surface area contributed by atoms with E-state index >= 15 is 0 Å². The Kier molecular flexibility index (Phi) is 5.91. The molecule has 1 aliphatic heterocycles. The molecule has 1 aliphatic rings. The largest absolute Gasteiger partial charge is 0.340 e. The van der Waals surface area contributed by atoms with E-state index in [9.17, 15) is 13.2 Å². The van der Waals surface area contributed by atoms with Gasteiger partial charge in [-0.3, -0.25) is 14.2 Å². The molecule has 9 nitrogen and oxygen atoms in total. The van der Waals surface area contributed by atoms with Gasteiger partial charge >= 0.3 is 0 Å². The maximum absolute atomic E-state index is 12.8. The monoisotopic (exact) mass is 506 g/mol. The van der Waals surface area contributed by atoms with Crippen LogP contribution in [-0.4, -0.2) is 69.3 Å². The highest BCUT2D eigenvalue weighted by Gasteiger charge is 2.32. The molecule has 0 atom stereocenters. The van der Waals surface area contributed by atoms with E-state index in [1.165, 1.54) is 10.5 Å². The second-order valence-electron chi connectivity index (χ2n) is 6.55. The summed E-state index contributed by atoms with van der Waals surface area (Å²) in [6, 6.07) is 0. The summed E-state index contributed by atoms with van der Waals surface area (Å²) >= 11 is 2.22. The first-order valence-electron chi connectivity index (χ1n) is 8.66. The van der Waals surface area contributed by atoms with Crippen LogP contribution >= 0.6 is 22.6 Å². The fraction of sp³-hybridized carbons (Fsp3) is 0.562. The molecule has 3 rings (SSSR count). The molecule has 0 N–H and O–H groups in total. The maximum atomic E-state index is 12.8. The molecule has 0 aromatic carbocycles. The van der Waals surface area contributed by atoms with E-state index in [0.717, 1.165) is 9.26 Å². The second-order valence-corrected chi connectivity index (χ2v) is 9.62. The lowest BCUT2D eigenvalue weighted by atomic mass is 10.3. The molecule has 0 saturated carbocycles. The van der Waals surface area contributed by atoms with E-state index in [-0.39, 0.29) is 10.8 Å². The van der Waals surface area contributed by atoms with Crippen LogP contribution in [0.1, 0.15) is 17.8 Å². The van der Waals surface area contributed by atoms with Gasteiger partial charge in [-0.05, 0) is 36.4 Å². The molecular formula is C16H23IN6O3S. The Balaban J connectivity index is 1.57. The number of sulfonamides is 1. The van der Waals surface area contributed by atoms with Crippen molar-refractivity contribution in [3.05, 3.63) is 27.4 Å². The second kappa shape index (κ2) is 7.87. The molecular weight excluding hydrogens is 483 g/mol. The third-order valence-corrected chi connectivity index (χ3v) is 8.04. The summed E-state index contributed by atoms with van der Waals surface area (Å²) in [6.07, 6.45) is 3.52. The number of piperazine rings is 1. The van der Waals surface area contributed by atoms with Gasteiger partial charge in [-0.25, -0.2) is 8.42 Å². The SMILES string of the molecule is Cc1c(S(=O)(=O)N2CCN(C(=O)CCn3ncc(I)c3C)CC2)cnn1C. The molecule has 0 spiro atoms. The van der Waals surface area contributed by atoms with E-state index < -0.39 is 10.0 Å². The molecule has 11 heteroatoms. The molecule has 0 aliphatic carbocycles. The van der Waals surface area contributed by atoms with Gasteiger partial charge in [0.25, 0.3) is 0 Å². The van der Waals surface area contributed by atoms with Crippen molar-refractivity contribution < 1.29 is 13.2 Å². The molecule has 0 unspecified atom stereocenters. The van der Waals surface area contributed by atoms with Gasteiger partial charge in [-0.15, -0.1) is 0 Å². The van der Waals surface area contributed by atoms with Gasteiger partial charge in [0.15, 0.2) is 0 Å². The molecule has 1 amide bonds. The third-order valence-electron chi connectivity index (χ3n) is 4.98. The molecule has 27 heavy (non-hydrogen) atoms. The fourth-order valence-electron chi connectivity index (χ4n) is 3.06. The predicted molar refractivity (Wildman–Crippen MR) is 108 cm³/mol. The Bertz CT molecular complexity index is 944. The van der Waals surface area contributed by atoms with Crippen LogP contribution in [0.25, 0.3) is 0 Å². The standard InChI is InChI=1S/C16H23IN6O3S/c1-12-14(17)10-19-23(12)5-4-16(24)21-6-8-22(9-7-21)27(25,26)15-11-18-20(3)13(15)2/h10-11H,4-9H2,1-3H3. The number of aryl methyl sites for hydroxylation is 2. The van der Waals surface area contributed by atoms with E-state index in [1.807, 2.05) is 11.6 Å². The summed E-state index contributed by atoms with van der Waals surface area (Å²) in [5, 5.41) is 8.28. The van der Waals surface area contributed by atoms with Crippen molar-refractivity contribution in [3.8, 4) is 0 Å². The number of hydrogen-bond donors (Lipinski definition) is 0. The molecule has 3 heterocycles. The zero-order chi connectivity index (χ0) is 19.8. The maximum Gasteiger partial charge on any atom is 0.246 e. The van der Waals surface area contributed by atoms with Crippen molar-refractivity contribution in [2.75, 3.05) is 26.2 Å². The average Bonchev–Trinajstić information content (AvgIpc) is 3.16. The predicted octanol–water partition coefficient (Wildman–Crippen LogP) is 0.761.